The Morgan fingerprint density at radius 3 is 2.55 bits per heavy atom. The van der Waals surface area contributed by atoms with Gasteiger partial charge in [0.05, 0.1) is 23.1 Å². The molecule has 1 atom stereocenters. The van der Waals surface area contributed by atoms with Crippen LogP contribution in [0.1, 0.15) is 24.2 Å². The predicted octanol–water partition coefficient (Wildman–Crippen LogP) is 3.36. The number of benzene rings is 2. The largest absolute Gasteiger partial charge is 0.339 e. The van der Waals surface area contributed by atoms with Gasteiger partial charge in [0.1, 0.15) is 10.8 Å². The molecule has 0 aliphatic heterocycles. The van der Waals surface area contributed by atoms with Gasteiger partial charge in [-0.2, -0.15) is 0 Å². The Labute approximate surface area is 172 Å². The van der Waals surface area contributed by atoms with Gasteiger partial charge >= 0.3 is 0 Å². The van der Waals surface area contributed by atoms with Crippen molar-refractivity contribution in [2.24, 2.45) is 5.14 Å². The van der Waals surface area contributed by atoms with E-state index in [4.69, 9.17) is 5.14 Å². The van der Waals surface area contributed by atoms with Crippen LogP contribution in [-0.4, -0.2) is 31.3 Å². The third-order valence-corrected chi connectivity index (χ3v) is 6.49. The lowest BCUT2D eigenvalue weighted by molar-refractivity contribution is -0.131. The van der Waals surface area contributed by atoms with Crippen LogP contribution < -0.4 is 5.14 Å². The summed E-state index contributed by atoms with van der Waals surface area (Å²) in [4.78, 5) is 18.7. The second-order valence-corrected chi connectivity index (χ2v) is 9.05. The molecule has 0 fully saturated rings. The number of likely N-dealkylation sites (N-methyl/N-ethyl adjacent to an activating group) is 1. The molecule has 6 nitrogen and oxygen atoms in total. The van der Waals surface area contributed by atoms with Gasteiger partial charge in [0.25, 0.3) is 0 Å². The third kappa shape index (κ3) is 5.06. The van der Waals surface area contributed by atoms with Gasteiger partial charge in [0.15, 0.2) is 0 Å². The Morgan fingerprint density at radius 2 is 1.93 bits per heavy atom. The number of rotatable bonds is 6. The molecule has 152 valence electrons. The van der Waals surface area contributed by atoms with E-state index in [1.54, 1.807) is 41.6 Å². The first-order chi connectivity index (χ1) is 13.6. The minimum absolute atomic E-state index is 0.0229. The Balaban J connectivity index is 1.69. The smallest absolute Gasteiger partial charge is 0.238 e. The van der Waals surface area contributed by atoms with Crippen molar-refractivity contribution in [3.63, 3.8) is 0 Å². The fourth-order valence-corrected chi connectivity index (χ4v) is 4.13. The van der Waals surface area contributed by atoms with E-state index in [9.17, 15) is 17.6 Å². The van der Waals surface area contributed by atoms with Crippen molar-refractivity contribution in [1.29, 1.82) is 0 Å². The number of hydrogen-bond acceptors (Lipinski definition) is 5. The molecule has 0 radical (unpaired) electrons. The number of primary sulfonamides is 1. The van der Waals surface area contributed by atoms with E-state index in [0.717, 1.165) is 5.56 Å². The van der Waals surface area contributed by atoms with E-state index >= 15 is 0 Å². The molecule has 3 aromatic rings. The maximum absolute atomic E-state index is 13.4. The summed E-state index contributed by atoms with van der Waals surface area (Å²) in [7, 11) is -2.08. The summed E-state index contributed by atoms with van der Waals surface area (Å²) in [6.07, 6.45) is 0.113. The Kier molecular flexibility index (Phi) is 6.11. The van der Waals surface area contributed by atoms with E-state index in [1.807, 2.05) is 6.92 Å². The zero-order valence-electron chi connectivity index (χ0n) is 15.9. The second kappa shape index (κ2) is 8.40. The van der Waals surface area contributed by atoms with Crippen LogP contribution >= 0.6 is 11.3 Å². The van der Waals surface area contributed by atoms with Crippen LogP contribution in [0.4, 0.5) is 4.39 Å². The topological polar surface area (TPSA) is 93.4 Å². The molecule has 2 aromatic carbocycles. The summed E-state index contributed by atoms with van der Waals surface area (Å²) >= 11 is 1.36. The van der Waals surface area contributed by atoms with Crippen molar-refractivity contribution in [3.8, 4) is 10.6 Å². The van der Waals surface area contributed by atoms with Crippen molar-refractivity contribution in [2.45, 2.75) is 24.3 Å². The number of nitrogens with two attached hydrogens (primary N) is 1. The number of halogens is 1. The van der Waals surface area contributed by atoms with Crippen molar-refractivity contribution in [2.75, 3.05) is 7.05 Å². The molecule has 1 heterocycles. The third-order valence-electron chi connectivity index (χ3n) is 4.62. The van der Waals surface area contributed by atoms with Crippen LogP contribution in [0.2, 0.25) is 0 Å². The zero-order valence-corrected chi connectivity index (χ0v) is 17.5. The lowest BCUT2D eigenvalue weighted by Gasteiger charge is -2.25. The molecular formula is C20H20FN3O3S2. The van der Waals surface area contributed by atoms with Crippen LogP contribution in [0.15, 0.2) is 58.8 Å². The van der Waals surface area contributed by atoms with Crippen LogP contribution in [-0.2, 0) is 21.2 Å². The molecule has 1 aromatic heterocycles. The number of nitrogens with zero attached hydrogens (tertiary/aromatic N) is 2. The lowest BCUT2D eigenvalue weighted by Crippen LogP contribution is -2.31. The molecule has 9 heteroatoms. The maximum atomic E-state index is 13.4. The monoisotopic (exact) mass is 433 g/mol. The van der Waals surface area contributed by atoms with E-state index in [2.05, 4.69) is 4.98 Å². The van der Waals surface area contributed by atoms with Gasteiger partial charge in [-0.3, -0.25) is 4.79 Å². The number of aromatic nitrogens is 1. The Morgan fingerprint density at radius 1 is 1.24 bits per heavy atom. The zero-order chi connectivity index (χ0) is 21.2. The number of thiazole rings is 1. The van der Waals surface area contributed by atoms with Crippen LogP contribution in [0.3, 0.4) is 0 Å². The fraction of sp³-hybridized carbons (Fsp3) is 0.200. The highest BCUT2D eigenvalue weighted by molar-refractivity contribution is 7.89. The first kappa shape index (κ1) is 21.1. The molecule has 0 aliphatic carbocycles. The summed E-state index contributed by atoms with van der Waals surface area (Å²) in [5.74, 6) is -0.471. The quantitative estimate of drug-likeness (QED) is 0.645. The highest BCUT2D eigenvalue weighted by Gasteiger charge is 2.20. The van der Waals surface area contributed by atoms with Gasteiger partial charge in [0.2, 0.25) is 15.9 Å². The summed E-state index contributed by atoms with van der Waals surface area (Å²) in [6.45, 7) is 1.85. The minimum Gasteiger partial charge on any atom is -0.339 e. The van der Waals surface area contributed by atoms with E-state index in [-0.39, 0.29) is 29.1 Å². The van der Waals surface area contributed by atoms with E-state index in [0.29, 0.717) is 16.3 Å². The average Bonchev–Trinajstić information content (AvgIpc) is 3.14. The molecule has 29 heavy (non-hydrogen) atoms. The molecule has 0 bridgehead atoms. The molecular weight excluding hydrogens is 413 g/mol. The Hall–Kier alpha value is -2.62. The molecule has 0 saturated heterocycles. The number of carbonyl (C=O) groups is 1. The van der Waals surface area contributed by atoms with Gasteiger partial charge < -0.3 is 4.90 Å². The average molecular weight is 434 g/mol. The number of hydrogen-bond donors (Lipinski definition) is 1. The standard InChI is InChI=1S/C20H20FN3O3S2/c1-13(14-6-8-18(9-7-14)29(22,26)27)24(2)19(25)11-17-12-28-20(23-17)15-4-3-5-16(21)10-15/h3-10,12-13H,11H2,1-2H3,(H2,22,26,27). The SMILES string of the molecule is CC(c1ccc(S(N)(=O)=O)cc1)N(C)C(=O)Cc1csc(-c2cccc(F)c2)n1. The van der Waals surface area contributed by atoms with Gasteiger partial charge in [-0.05, 0) is 36.8 Å². The minimum atomic E-state index is -3.76. The molecule has 1 unspecified atom stereocenters. The molecule has 0 saturated carbocycles. The molecule has 1 amide bonds. The molecule has 2 N–H and O–H groups in total. The van der Waals surface area contributed by atoms with Gasteiger partial charge in [-0.15, -0.1) is 11.3 Å². The van der Waals surface area contributed by atoms with Gasteiger partial charge in [-0.25, -0.2) is 22.9 Å². The highest BCUT2D eigenvalue weighted by Crippen LogP contribution is 2.26. The first-order valence-electron chi connectivity index (χ1n) is 8.74. The number of carbonyl (C=O) groups excluding carboxylic acids is 1. The summed E-state index contributed by atoms with van der Waals surface area (Å²) in [5, 5.41) is 7.55. The van der Waals surface area contributed by atoms with Crippen molar-refractivity contribution < 1.29 is 17.6 Å². The number of amides is 1. The normalized spacial score (nSPS) is 12.6. The van der Waals surface area contributed by atoms with E-state index < -0.39 is 10.0 Å². The highest BCUT2D eigenvalue weighted by atomic mass is 32.2. The lowest BCUT2D eigenvalue weighted by atomic mass is 10.1. The second-order valence-electron chi connectivity index (χ2n) is 6.63. The van der Waals surface area contributed by atoms with Gasteiger partial charge in [-0.1, -0.05) is 24.3 Å². The van der Waals surface area contributed by atoms with Crippen LogP contribution in [0.25, 0.3) is 10.6 Å². The Bertz CT molecular complexity index is 1130. The van der Waals surface area contributed by atoms with Crippen molar-refractivity contribution in [1.82, 2.24) is 9.88 Å². The summed E-state index contributed by atoms with van der Waals surface area (Å²) in [6, 6.07) is 12.0. The molecule has 3 rings (SSSR count). The van der Waals surface area contributed by atoms with Crippen LogP contribution in [0, 0.1) is 5.82 Å². The molecule has 0 aliphatic rings. The number of sulfonamides is 1. The first-order valence-corrected chi connectivity index (χ1v) is 11.2. The van der Waals surface area contributed by atoms with Crippen molar-refractivity contribution in [3.05, 3.63) is 71.0 Å². The van der Waals surface area contributed by atoms with E-state index in [1.165, 1.54) is 35.6 Å². The van der Waals surface area contributed by atoms with Crippen LogP contribution in [0.5, 0.6) is 0 Å². The van der Waals surface area contributed by atoms with Crippen molar-refractivity contribution >= 4 is 27.3 Å². The maximum Gasteiger partial charge on any atom is 0.238 e. The summed E-state index contributed by atoms with van der Waals surface area (Å²) in [5.41, 5.74) is 2.07. The molecule has 0 spiro atoms. The fourth-order valence-electron chi connectivity index (χ4n) is 2.80. The van der Waals surface area contributed by atoms with Gasteiger partial charge in [0, 0.05) is 18.0 Å². The predicted molar refractivity (Wildman–Crippen MR) is 110 cm³/mol. The summed E-state index contributed by atoms with van der Waals surface area (Å²) < 4.78 is 36.1.